The van der Waals surface area contributed by atoms with Gasteiger partial charge < -0.3 is 9.84 Å². The van der Waals surface area contributed by atoms with Crippen LogP contribution in [0.4, 0.5) is 0 Å². The molecule has 2 aromatic rings. The number of hydrogen-bond acceptors (Lipinski definition) is 5. The van der Waals surface area contributed by atoms with Crippen molar-refractivity contribution in [2.75, 3.05) is 12.3 Å². The fourth-order valence-corrected chi connectivity index (χ4v) is 3.09. The van der Waals surface area contributed by atoms with E-state index in [4.69, 9.17) is 4.52 Å². The maximum atomic E-state index is 4.69. The lowest BCUT2D eigenvalue weighted by molar-refractivity contribution is 0.410. The summed E-state index contributed by atoms with van der Waals surface area (Å²) in [5.74, 6) is 1.77. The molecule has 20 heavy (non-hydrogen) atoms. The Hall–Kier alpha value is -1.82. The van der Waals surface area contributed by atoms with E-state index in [-0.39, 0.29) is 0 Å². The second-order valence-electron chi connectivity index (χ2n) is 4.63. The molecule has 1 atom stereocenters. The van der Waals surface area contributed by atoms with Gasteiger partial charge in [0.25, 0.3) is 0 Å². The van der Waals surface area contributed by atoms with E-state index in [0.29, 0.717) is 24.8 Å². The molecule has 1 saturated heterocycles. The smallest absolute Gasteiger partial charge is 0.213 e. The van der Waals surface area contributed by atoms with Crippen LogP contribution in [-0.2, 0) is 12.8 Å². The molecule has 1 N–H and O–H groups in total. The normalized spacial score (nSPS) is 20.2. The number of thioether (sulfide) groups is 1. The zero-order valence-electron chi connectivity index (χ0n) is 11.0. The van der Waals surface area contributed by atoms with Gasteiger partial charge in [0.05, 0.1) is 0 Å². The number of rotatable bonds is 5. The zero-order chi connectivity index (χ0) is 13.6. The lowest BCUT2D eigenvalue weighted by Crippen LogP contribution is -2.29. The monoisotopic (exact) mass is 288 g/mol. The molecule has 1 aliphatic heterocycles. The molecular weight excluding hydrogens is 272 g/mol. The molecule has 0 spiro atoms. The molecule has 1 fully saturated rings. The summed E-state index contributed by atoms with van der Waals surface area (Å²) in [6.07, 6.45) is 3.10. The standard InChI is InChI=1S/C14H16N4OS/c1-2-4-11(5-3-1)8-12-9-20-14(17-12)15-7-6-13-16-10-19-18-13/h1-5,10,12H,6-9H2,(H,15,17). The first kappa shape index (κ1) is 13.2. The molecule has 5 nitrogen and oxygen atoms in total. The van der Waals surface area contributed by atoms with Crippen LogP contribution in [-0.4, -0.2) is 33.6 Å². The molecule has 0 amide bonds. The lowest BCUT2D eigenvalue weighted by atomic mass is 10.1. The summed E-state index contributed by atoms with van der Waals surface area (Å²) in [6.45, 7) is 0.687. The van der Waals surface area contributed by atoms with Crippen molar-refractivity contribution in [3.63, 3.8) is 0 Å². The zero-order valence-corrected chi connectivity index (χ0v) is 11.8. The van der Waals surface area contributed by atoms with Crippen LogP contribution in [0, 0.1) is 0 Å². The number of aromatic nitrogens is 2. The van der Waals surface area contributed by atoms with Crippen molar-refractivity contribution in [3.05, 3.63) is 48.1 Å². The predicted octanol–water partition coefficient (Wildman–Crippen LogP) is 1.92. The van der Waals surface area contributed by atoms with Crippen molar-refractivity contribution in [2.24, 2.45) is 4.99 Å². The van der Waals surface area contributed by atoms with E-state index >= 15 is 0 Å². The third-order valence-electron chi connectivity index (χ3n) is 3.07. The summed E-state index contributed by atoms with van der Waals surface area (Å²) in [7, 11) is 0. The first-order chi connectivity index (χ1) is 9.90. The van der Waals surface area contributed by atoms with E-state index in [9.17, 15) is 0 Å². The van der Waals surface area contributed by atoms with Crippen molar-refractivity contribution in [3.8, 4) is 0 Å². The van der Waals surface area contributed by atoms with Gasteiger partial charge in [0.1, 0.15) is 0 Å². The Morgan fingerprint density at radius 1 is 1.35 bits per heavy atom. The third-order valence-corrected chi connectivity index (χ3v) is 4.16. The summed E-state index contributed by atoms with van der Waals surface area (Å²) in [4.78, 5) is 8.51. The van der Waals surface area contributed by atoms with Gasteiger partial charge in [0.2, 0.25) is 6.39 Å². The van der Waals surface area contributed by atoms with Crippen molar-refractivity contribution in [2.45, 2.75) is 18.9 Å². The van der Waals surface area contributed by atoms with E-state index < -0.39 is 0 Å². The van der Waals surface area contributed by atoms with Gasteiger partial charge in [-0.1, -0.05) is 47.3 Å². The van der Waals surface area contributed by atoms with E-state index in [1.165, 1.54) is 12.0 Å². The van der Waals surface area contributed by atoms with Crippen LogP contribution >= 0.6 is 11.8 Å². The highest BCUT2D eigenvalue weighted by atomic mass is 32.2. The highest BCUT2D eigenvalue weighted by molar-refractivity contribution is 8.14. The molecule has 0 saturated carbocycles. The molecule has 1 unspecified atom stereocenters. The summed E-state index contributed by atoms with van der Waals surface area (Å²) < 4.78 is 4.69. The summed E-state index contributed by atoms with van der Waals surface area (Å²) >= 11 is 1.78. The predicted molar refractivity (Wildman–Crippen MR) is 79.8 cm³/mol. The molecule has 1 aromatic heterocycles. The van der Waals surface area contributed by atoms with Crippen molar-refractivity contribution in [1.82, 2.24) is 15.5 Å². The van der Waals surface area contributed by atoms with Gasteiger partial charge in [-0.2, -0.15) is 4.98 Å². The molecule has 6 heteroatoms. The molecule has 104 valence electrons. The summed E-state index contributed by atoms with van der Waals surface area (Å²) in [6, 6.07) is 11.0. The number of benzene rings is 1. The number of hydrogen-bond donors (Lipinski definition) is 1. The molecule has 0 radical (unpaired) electrons. The summed E-state index contributed by atoms with van der Waals surface area (Å²) in [5, 5.41) is 8.26. The Morgan fingerprint density at radius 2 is 2.25 bits per heavy atom. The van der Waals surface area contributed by atoms with Gasteiger partial charge in [-0.05, 0) is 12.0 Å². The van der Waals surface area contributed by atoms with Gasteiger partial charge >= 0.3 is 0 Å². The number of amidine groups is 1. The third kappa shape index (κ3) is 3.60. The molecule has 0 aliphatic carbocycles. The fourth-order valence-electron chi connectivity index (χ4n) is 2.10. The highest BCUT2D eigenvalue weighted by Gasteiger charge is 2.20. The Labute approximate surface area is 121 Å². The maximum Gasteiger partial charge on any atom is 0.213 e. The van der Waals surface area contributed by atoms with Crippen molar-refractivity contribution < 1.29 is 4.52 Å². The topological polar surface area (TPSA) is 63.3 Å². The van der Waals surface area contributed by atoms with Crippen LogP contribution in [0.25, 0.3) is 0 Å². The van der Waals surface area contributed by atoms with Crippen LogP contribution < -0.4 is 5.32 Å². The number of aliphatic imine (C=N–C) groups is 1. The minimum absolute atomic E-state index is 0.464. The molecular formula is C14H16N4OS. The first-order valence-corrected chi connectivity index (χ1v) is 7.61. The first-order valence-electron chi connectivity index (χ1n) is 6.63. The Bertz CT molecular complexity index is 556. The van der Waals surface area contributed by atoms with Crippen LogP contribution in [0.3, 0.4) is 0 Å². The second kappa shape index (κ2) is 6.56. The lowest BCUT2D eigenvalue weighted by Gasteiger charge is -2.09. The van der Waals surface area contributed by atoms with Crippen molar-refractivity contribution in [1.29, 1.82) is 0 Å². The van der Waals surface area contributed by atoms with E-state index in [2.05, 4.69) is 44.7 Å². The Balaban J connectivity index is 1.47. The quantitative estimate of drug-likeness (QED) is 0.910. The van der Waals surface area contributed by atoms with E-state index in [1.807, 2.05) is 6.07 Å². The van der Waals surface area contributed by atoms with E-state index in [0.717, 1.165) is 17.3 Å². The van der Waals surface area contributed by atoms with E-state index in [1.54, 1.807) is 11.8 Å². The minimum atomic E-state index is 0.464. The molecule has 1 aromatic carbocycles. The highest BCUT2D eigenvalue weighted by Crippen LogP contribution is 2.17. The fraction of sp³-hybridized carbons (Fsp3) is 0.357. The number of nitrogens with zero attached hydrogens (tertiary/aromatic N) is 3. The number of nitrogens with one attached hydrogen (secondary N) is 1. The Morgan fingerprint density at radius 3 is 3.05 bits per heavy atom. The largest absolute Gasteiger partial charge is 0.361 e. The maximum absolute atomic E-state index is 4.69. The average molecular weight is 288 g/mol. The molecule has 2 heterocycles. The van der Waals surface area contributed by atoms with Crippen LogP contribution in [0.2, 0.25) is 0 Å². The SMILES string of the molecule is c1ccc(CC2CSC(=NCCc3ncon3)N2)cc1. The van der Waals surface area contributed by atoms with Crippen molar-refractivity contribution >= 4 is 16.9 Å². The van der Waals surface area contributed by atoms with Crippen LogP contribution in [0.15, 0.2) is 46.2 Å². The average Bonchev–Trinajstić information content (AvgIpc) is 3.12. The van der Waals surface area contributed by atoms with Crippen LogP contribution in [0.1, 0.15) is 11.4 Å². The van der Waals surface area contributed by atoms with Gasteiger partial charge in [-0.3, -0.25) is 4.99 Å². The van der Waals surface area contributed by atoms with Gasteiger partial charge in [-0.15, -0.1) is 0 Å². The molecule has 1 aliphatic rings. The van der Waals surface area contributed by atoms with Gasteiger partial charge in [-0.25, -0.2) is 0 Å². The molecule has 0 bridgehead atoms. The van der Waals surface area contributed by atoms with Gasteiger partial charge in [0, 0.05) is 24.8 Å². The summed E-state index contributed by atoms with van der Waals surface area (Å²) in [5.41, 5.74) is 1.36. The minimum Gasteiger partial charge on any atom is -0.361 e. The Kier molecular flexibility index (Phi) is 4.32. The van der Waals surface area contributed by atoms with Crippen LogP contribution in [0.5, 0.6) is 0 Å². The molecule has 3 rings (SSSR count). The second-order valence-corrected chi connectivity index (χ2v) is 5.64. The van der Waals surface area contributed by atoms with Gasteiger partial charge in [0.15, 0.2) is 11.0 Å².